The predicted octanol–water partition coefficient (Wildman–Crippen LogP) is 2.20. The van der Waals surface area contributed by atoms with Gasteiger partial charge in [-0.3, -0.25) is 9.78 Å². The van der Waals surface area contributed by atoms with Gasteiger partial charge in [-0.15, -0.1) is 0 Å². The molecule has 9 heteroatoms. The molecule has 0 aliphatic rings. The first kappa shape index (κ1) is 22.6. The molecule has 0 bridgehead atoms. The van der Waals surface area contributed by atoms with Crippen molar-refractivity contribution in [3.63, 3.8) is 0 Å². The van der Waals surface area contributed by atoms with Gasteiger partial charge in [-0.05, 0) is 37.6 Å². The second kappa shape index (κ2) is 10.2. The standard InChI is InChI=1S/C20H27N3O5S/c1-15(2)23(14-16-6-5-10-21-13-16)20(24)9-11-22-29(25,26)17-7-8-18(27-3)19(12-17)28-4/h5-8,10,12-13,15,22H,9,11,14H2,1-4H3. The van der Waals surface area contributed by atoms with Crippen molar-refractivity contribution in [2.24, 2.45) is 0 Å². The summed E-state index contributed by atoms with van der Waals surface area (Å²) in [5.74, 6) is 0.609. The van der Waals surface area contributed by atoms with Gasteiger partial charge in [-0.25, -0.2) is 13.1 Å². The van der Waals surface area contributed by atoms with E-state index in [4.69, 9.17) is 9.47 Å². The van der Waals surface area contributed by atoms with Gasteiger partial charge in [0.2, 0.25) is 15.9 Å². The molecule has 0 saturated carbocycles. The Morgan fingerprint density at radius 1 is 1.17 bits per heavy atom. The molecule has 0 aliphatic carbocycles. The minimum Gasteiger partial charge on any atom is -0.493 e. The number of hydrogen-bond acceptors (Lipinski definition) is 6. The normalized spacial score (nSPS) is 11.3. The number of carbonyl (C=O) groups excluding carboxylic acids is 1. The number of amides is 1. The van der Waals surface area contributed by atoms with E-state index in [0.29, 0.717) is 18.0 Å². The number of aromatic nitrogens is 1. The number of nitrogens with one attached hydrogen (secondary N) is 1. The minimum absolute atomic E-state index is 0.00816. The molecule has 29 heavy (non-hydrogen) atoms. The van der Waals surface area contributed by atoms with Crippen LogP contribution in [0.2, 0.25) is 0 Å². The van der Waals surface area contributed by atoms with Gasteiger partial charge < -0.3 is 14.4 Å². The smallest absolute Gasteiger partial charge is 0.240 e. The summed E-state index contributed by atoms with van der Waals surface area (Å²) < 4.78 is 37.8. The molecule has 158 valence electrons. The highest BCUT2D eigenvalue weighted by Crippen LogP contribution is 2.29. The number of methoxy groups -OCH3 is 2. The summed E-state index contributed by atoms with van der Waals surface area (Å²) in [6.45, 7) is 4.25. The molecule has 0 aliphatic heterocycles. The summed E-state index contributed by atoms with van der Waals surface area (Å²) in [4.78, 5) is 18.4. The number of sulfonamides is 1. The lowest BCUT2D eigenvalue weighted by atomic mass is 10.2. The van der Waals surface area contributed by atoms with E-state index < -0.39 is 10.0 Å². The van der Waals surface area contributed by atoms with Crippen molar-refractivity contribution < 1.29 is 22.7 Å². The number of benzene rings is 1. The molecule has 0 radical (unpaired) electrons. The zero-order valence-corrected chi connectivity index (χ0v) is 17.9. The summed E-state index contributed by atoms with van der Waals surface area (Å²) in [6, 6.07) is 8.02. The van der Waals surface area contributed by atoms with Crippen LogP contribution in [0.25, 0.3) is 0 Å². The van der Waals surface area contributed by atoms with Gasteiger partial charge >= 0.3 is 0 Å². The molecule has 1 amide bonds. The van der Waals surface area contributed by atoms with Crippen LogP contribution in [0, 0.1) is 0 Å². The lowest BCUT2D eigenvalue weighted by molar-refractivity contribution is -0.133. The van der Waals surface area contributed by atoms with Crippen molar-refractivity contribution in [2.45, 2.75) is 37.8 Å². The largest absolute Gasteiger partial charge is 0.493 e. The van der Waals surface area contributed by atoms with Gasteiger partial charge in [0, 0.05) is 44.0 Å². The minimum atomic E-state index is -3.78. The highest BCUT2D eigenvalue weighted by molar-refractivity contribution is 7.89. The molecular formula is C20H27N3O5S. The molecule has 0 atom stereocenters. The highest BCUT2D eigenvalue weighted by atomic mass is 32.2. The van der Waals surface area contributed by atoms with Crippen molar-refractivity contribution in [3.05, 3.63) is 48.3 Å². The Labute approximate surface area is 171 Å². The summed E-state index contributed by atoms with van der Waals surface area (Å²) in [6.07, 6.45) is 3.43. The van der Waals surface area contributed by atoms with Crippen LogP contribution in [-0.4, -0.2) is 51.0 Å². The van der Waals surface area contributed by atoms with E-state index in [1.54, 1.807) is 17.3 Å². The van der Waals surface area contributed by atoms with Crippen LogP contribution in [0.4, 0.5) is 0 Å². The summed E-state index contributed by atoms with van der Waals surface area (Å²) in [5.41, 5.74) is 0.917. The van der Waals surface area contributed by atoms with Crippen molar-refractivity contribution in [1.82, 2.24) is 14.6 Å². The molecular weight excluding hydrogens is 394 g/mol. The number of nitrogens with zero attached hydrogens (tertiary/aromatic N) is 2. The summed E-state index contributed by atoms with van der Waals surface area (Å²) >= 11 is 0. The van der Waals surface area contributed by atoms with Crippen LogP contribution in [0.5, 0.6) is 11.5 Å². The Morgan fingerprint density at radius 3 is 2.48 bits per heavy atom. The fourth-order valence-corrected chi connectivity index (χ4v) is 3.80. The fourth-order valence-electron chi connectivity index (χ4n) is 2.75. The fraction of sp³-hybridized carbons (Fsp3) is 0.400. The summed E-state index contributed by atoms with van der Waals surface area (Å²) in [5, 5.41) is 0. The Balaban J connectivity index is 2.00. The molecule has 2 rings (SSSR count). The van der Waals surface area contributed by atoms with Crippen molar-refractivity contribution in [1.29, 1.82) is 0 Å². The molecule has 0 fully saturated rings. The molecule has 1 aromatic heterocycles. The third-order valence-corrected chi connectivity index (χ3v) is 5.77. The van der Waals surface area contributed by atoms with E-state index in [0.717, 1.165) is 5.56 Å². The number of pyridine rings is 1. The molecule has 0 saturated heterocycles. The zero-order chi connectivity index (χ0) is 21.4. The average Bonchev–Trinajstić information content (AvgIpc) is 2.71. The maximum Gasteiger partial charge on any atom is 0.240 e. The predicted molar refractivity (Wildman–Crippen MR) is 109 cm³/mol. The van der Waals surface area contributed by atoms with Crippen LogP contribution < -0.4 is 14.2 Å². The number of ether oxygens (including phenoxy) is 2. The van der Waals surface area contributed by atoms with E-state index in [-0.39, 0.29) is 29.8 Å². The second-order valence-corrected chi connectivity index (χ2v) is 8.41. The van der Waals surface area contributed by atoms with Crippen molar-refractivity contribution in [3.8, 4) is 11.5 Å². The van der Waals surface area contributed by atoms with E-state index >= 15 is 0 Å². The second-order valence-electron chi connectivity index (χ2n) is 6.64. The lowest BCUT2D eigenvalue weighted by Crippen LogP contribution is -2.38. The van der Waals surface area contributed by atoms with Crippen LogP contribution in [0.3, 0.4) is 0 Å². The van der Waals surface area contributed by atoms with E-state index in [1.165, 1.54) is 32.4 Å². The van der Waals surface area contributed by atoms with Gasteiger partial charge in [0.25, 0.3) is 0 Å². The Morgan fingerprint density at radius 2 is 1.90 bits per heavy atom. The number of carbonyl (C=O) groups is 1. The van der Waals surface area contributed by atoms with Crippen molar-refractivity contribution >= 4 is 15.9 Å². The molecule has 0 unspecified atom stereocenters. The quantitative estimate of drug-likeness (QED) is 0.632. The number of hydrogen-bond donors (Lipinski definition) is 1. The SMILES string of the molecule is COc1ccc(S(=O)(=O)NCCC(=O)N(Cc2cccnc2)C(C)C)cc1OC. The van der Waals surface area contributed by atoms with Gasteiger partial charge in [0.15, 0.2) is 11.5 Å². The first-order chi connectivity index (χ1) is 13.8. The third-order valence-electron chi connectivity index (χ3n) is 4.32. The van der Waals surface area contributed by atoms with Gasteiger partial charge in [-0.1, -0.05) is 6.07 Å². The number of rotatable bonds is 10. The maximum absolute atomic E-state index is 12.6. The molecule has 0 spiro atoms. The highest BCUT2D eigenvalue weighted by Gasteiger charge is 2.20. The van der Waals surface area contributed by atoms with E-state index in [9.17, 15) is 13.2 Å². The molecule has 2 aromatic rings. The molecule has 8 nitrogen and oxygen atoms in total. The Bertz CT molecular complexity index is 917. The van der Waals surface area contributed by atoms with Crippen molar-refractivity contribution in [2.75, 3.05) is 20.8 Å². The molecule has 1 aromatic carbocycles. The van der Waals surface area contributed by atoms with Gasteiger partial charge in [-0.2, -0.15) is 0 Å². The third kappa shape index (κ3) is 6.16. The first-order valence-electron chi connectivity index (χ1n) is 9.18. The van der Waals surface area contributed by atoms with E-state index in [1.807, 2.05) is 26.0 Å². The zero-order valence-electron chi connectivity index (χ0n) is 17.1. The first-order valence-corrected chi connectivity index (χ1v) is 10.7. The van der Waals surface area contributed by atoms with E-state index in [2.05, 4.69) is 9.71 Å². The lowest BCUT2D eigenvalue weighted by Gasteiger charge is -2.27. The van der Waals surface area contributed by atoms with Crippen LogP contribution in [0.15, 0.2) is 47.6 Å². The Kier molecular flexibility index (Phi) is 7.98. The van der Waals surface area contributed by atoms with Gasteiger partial charge in [0.1, 0.15) is 0 Å². The van der Waals surface area contributed by atoms with Gasteiger partial charge in [0.05, 0.1) is 19.1 Å². The van der Waals surface area contributed by atoms with Crippen LogP contribution in [0.1, 0.15) is 25.8 Å². The van der Waals surface area contributed by atoms with Crippen LogP contribution in [-0.2, 0) is 21.4 Å². The monoisotopic (exact) mass is 421 g/mol. The average molecular weight is 422 g/mol. The maximum atomic E-state index is 12.6. The topological polar surface area (TPSA) is 97.8 Å². The molecule has 1 heterocycles. The molecule has 1 N–H and O–H groups in total. The van der Waals surface area contributed by atoms with Crippen LogP contribution >= 0.6 is 0 Å². The summed E-state index contributed by atoms with van der Waals surface area (Å²) in [7, 11) is -0.877. The Hall–Kier alpha value is -2.65.